The molecule has 8 heteroatoms. The van der Waals surface area contributed by atoms with Crippen LogP contribution in [0.25, 0.3) is 10.2 Å². The molecule has 1 amide bonds. The van der Waals surface area contributed by atoms with Gasteiger partial charge in [-0.05, 0) is 42.2 Å². The Morgan fingerprint density at radius 1 is 1.27 bits per heavy atom. The van der Waals surface area contributed by atoms with E-state index in [0.717, 1.165) is 53.7 Å². The van der Waals surface area contributed by atoms with Crippen molar-refractivity contribution in [2.75, 3.05) is 50.0 Å². The first-order valence-electron chi connectivity index (χ1n) is 10.0. The molecule has 5 nitrogen and oxygen atoms in total. The smallest absolute Gasteiger partial charge is 0.260 e. The minimum atomic E-state index is -0.0213. The van der Waals surface area contributed by atoms with Gasteiger partial charge in [0, 0.05) is 41.7 Å². The number of morpholine rings is 1. The van der Waals surface area contributed by atoms with Gasteiger partial charge in [0.25, 0.3) is 5.91 Å². The van der Waals surface area contributed by atoms with Crippen LogP contribution in [0.5, 0.6) is 0 Å². The Labute approximate surface area is 190 Å². The number of nitrogens with zero attached hydrogens (tertiary/aromatic N) is 3. The zero-order valence-corrected chi connectivity index (χ0v) is 19.2. The minimum Gasteiger partial charge on any atom is -0.379 e. The number of ether oxygens (including phenoxy) is 1. The van der Waals surface area contributed by atoms with Gasteiger partial charge in [0.05, 0.1) is 23.4 Å². The Kier molecular flexibility index (Phi) is 7.28. The van der Waals surface area contributed by atoms with Crippen LogP contribution in [0.1, 0.15) is 17.3 Å². The Bertz CT molecular complexity index is 1020. The third-order valence-corrected chi connectivity index (χ3v) is 7.10. The summed E-state index contributed by atoms with van der Waals surface area (Å²) in [6, 6.07) is 13.5. The zero-order chi connectivity index (χ0) is 20.9. The Morgan fingerprint density at radius 2 is 2.10 bits per heavy atom. The number of benzene rings is 2. The lowest BCUT2D eigenvalue weighted by atomic mass is 10.2. The summed E-state index contributed by atoms with van der Waals surface area (Å²) in [7, 11) is 0. The molecule has 2 heterocycles. The molecule has 1 aliphatic heterocycles. The number of halogens is 1. The number of amides is 1. The summed E-state index contributed by atoms with van der Waals surface area (Å²) in [6.07, 6.45) is 0. The summed E-state index contributed by atoms with van der Waals surface area (Å²) >= 11 is 9.39. The van der Waals surface area contributed by atoms with Crippen molar-refractivity contribution < 1.29 is 9.53 Å². The summed E-state index contributed by atoms with van der Waals surface area (Å²) < 4.78 is 6.43. The molecule has 0 saturated carbocycles. The van der Waals surface area contributed by atoms with Crippen molar-refractivity contribution in [2.24, 2.45) is 0 Å². The van der Waals surface area contributed by atoms with Crippen molar-refractivity contribution in [3.8, 4) is 0 Å². The van der Waals surface area contributed by atoms with Crippen LogP contribution in [0.2, 0.25) is 5.02 Å². The van der Waals surface area contributed by atoms with Gasteiger partial charge < -0.3 is 4.74 Å². The maximum absolute atomic E-state index is 13.5. The second-order valence-corrected chi connectivity index (χ2v) is 9.76. The van der Waals surface area contributed by atoms with E-state index in [4.69, 9.17) is 21.3 Å². The molecule has 0 bridgehead atoms. The van der Waals surface area contributed by atoms with E-state index in [1.165, 1.54) is 11.3 Å². The van der Waals surface area contributed by atoms with Crippen LogP contribution in [0, 0.1) is 0 Å². The van der Waals surface area contributed by atoms with E-state index >= 15 is 0 Å². The molecule has 158 valence electrons. The number of anilines is 1. The fraction of sp³-hybridized carbons (Fsp3) is 0.364. The molecule has 1 saturated heterocycles. The van der Waals surface area contributed by atoms with Crippen molar-refractivity contribution >= 4 is 56.0 Å². The highest BCUT2D eigenvalue weighted by atomic mass is 35.5. The quantitative estimate of drug-likeness (QED) is 0.461. The average Bonchev–Trinajstić information content (AvgIpc) is 3.17. The van der Waals surface area contributed by atoms with Gasteiger partial charge in [-0.2, -0.15) is 0 Å². The van der Waals surface area contributed by atoms with Crippen molar-refractivity contribution in [3.05, 3.63) is 53.1 Å². The fourth-order valence-electron chi connectivity index (χ4n) is 3.39. The molecule has 4 rings (SSSR count). The lowest BCUT2D eigenvalue weighted by molar-refractivity contribution is 0.0391. The molecule has 1 aromatic heterocycles. The Hall–Kier alpha value is -1.64. The summed E-state index contributed by atoms with van der Waals surface area (Å²) in [5.41, 5.74) is 1.55. The van der Waals surface area contributed by atoms with Crippen molar-refractivity contribution in [3.63, 3.8) is 0 Å². The largest absolute Gasteiger partial charge is 0.379 e. The summed E-state index contributed by atoms with van der Waals surface area (Å²) in [6.45, 7) is 6.74. The van der Waals surface area contributed by atoms with E-state index in [9.17, 15) is 4.79 Å². The zero-order valence-electron chi connectivity index (χ0n) is 16.8. The molecule has 0 unspecified atom stereocenters. The van der Waals surface area contributed by atoms with E-state index in [2.05, 4.69) is 11.8 Å². The number of hydrogen-bond acceptors (Lipinski definition) is 6. The van der Waals surface area contributed by atoms with Gasteiger partial charge >= 0.3 is 0 Å². The van der Waals surface area contributed by atoms with Crippen LogP contribution in [0.4, 0.5) is 5.13 Å². The number of rotatable bonds is 7. The Balaban J connectivity index is 1.63. The standard InChI is InChI=1S/C22H24ClN3O2S2/c1-2-29-18-5-3-4-16(14-18)21(27)26(9-8-25-10-12-28-13-11-25)22-24-19-7-6-17(23)15-20(19)30-22/h3-7,14-15H,2,8-13H2,1H3. The summed E-state index contributed by atoms with van der Waals surface area (Å²) in [5.74, 6) is 0.948. The third-order valence-electron chi connectivity index (χ3n) is 4.95. The molecule has 2 aromatic carbocycles. The van der Waals surface area contributed by atoms with Crippen molar-refractivity contribution in [1.29, 1.82) is 0 Å². The van der Waals surface area contributed by atoms with Crippen molar-refractivity contribution in [1.82, 2.24) is 9.88 Å². The van der Waals surface area contributed by atoms with E-state index in [1.807, 2.05) is 47.4 Å². The molecule has 3 aromatic rings. The molecule has 0 N–H and O–H groups in total. The number of carbonyl (C=O) groups excluding carboxylic acids is 1. The average molecular weight is 462 g/mol. The van der Waals surface area contributed by atoms with Crippen LogP contribution >= 0.6 is 34.7 Å². The topological polar surface area (TPSA) is 45.7 Å². The number of thioether (sulfide) groups is 1. The van der Waals surface area contributed by atoms with Gasteiger partial charge in [0.1, 0.15) is 0 Å². The first kappa shape index (κ1) is 21.6. The molecule has 0 atom stereocenters. The van der Waals surface area contributed by atoms with Crippen LogP contribution in [0.15, 0.2) is 47.4 Å². The first-order chi connectivity index (χ1) is 14.6. The SMILES string of the molecule is CCSc1cccc(C(=O)N(CCN2CCOCC2)c2nc3ccc(Cl)cc3s2)c1. The number of carbonyl (C=O) groups is 1. The lowest BCUT2D eigenvalue weighted by Gasteiger charge is -2.29. The lowest BCUT2D eigenvalue weighted by Crippen LogP contribution is -2.43. The summed E-state index contributed by atoms with van der Waals surface area (Å²) in [5, 5.41) is 1.38. The predicted octanol–water partition coefficient (Wildman–Crippen LogP) is 5.04. The maximum atomic E-state index is 13.5. The van der Waals surface area contributed by atoms with Gasteiger partial charge in [0.2, 0.25) is 0 Å². The van der Waals surface area contributed by atoms with Crippen molar-refractivity contribution in [2.45, 2.75) is 11.8 Å². The molecular weight excluding hydrogens is 438 g/mol. The molecule has 1 fully saturated rings. The Morgan fingerprint density at radius 3 is 2.90 bits per heavy atom. The van der Waals surface area contributed by atoms with E-state index in [-0.39, 0.29) is 5.91 Å². The maximum Gasteiger partial charge on any atom is 0.260 e. The molecule has 0 radical (unpaired) electrons. The van der Waals surface area contributed by atoms with Gasteiger partial charge in [-0.1, -0.05) is 35.9 Å². The number of aromatic nitrogens is 1. The molecular formula is C22H24ClN3O2S2. The number of fused-ring (bicyclic) bond motifs is 1. The highest BCUT2D eigenvalue weighted by molar-refractivity contribution is 7.99. The van der Waals surface area contributed by atoms with E-state index in [1.54, 1.807) is 11.8 Å². The highest BCUT2D eigenvalue weighted by Crippen LogP contribution is 2.32. The fourth-order valence-corrected chi connectivity index (χ4v) is 5.38. The number of hydrogen-bond donors (Lipinski definition) is 0. The molecule has 30 heavy (non-hydrogen) atoms. The summed E-state index contributed by atoms with van der Waals surface area (Å²) in [4.78, 5) is 23.5. The molecule has 1 aliphatic rings. The van der Waals surface area contributed by atoms with Crippen LogP contribution in [0.3, 0.4) is 0 Å². The van der Waals surface area contributed by atoms with Crippen LogP contribution in [-0.2, 0) is 4.74 Å². The molecule has 0 spiro atoms. The molecule has 0 aliphatic carbocycles. The highest BCUT2D eigenvalue weighted by Gasteiger charge is 2.23. The van der Waals surface area contributed by atoms with Crippen LogP contribution < -0.4 is 4.90 Å². The van der Waals surface area contributed by atoms with Gasteiger partial charge in [0.15, 0.2) is 5.13 Å². The van der Waals surface area contributed by atoms with Gasteiger partial charge in [-0.15, -0.1) is 11.8 Å². The monoisotopic (exact) mass is 461 g/mol. The normalized spacial score (nSPS) is 14.9. The van der Waals surface area contributed by atoms with Gasteiger partial charge in [-0.25, -0.2) is 4.98 Å². The minimum absolute atomic E-state index is 0.0213. The predicted molar refractivity (Wildman–Crippen MR) is 126 cm³/mol. The van der Waals surface area contributed by atoms with E-state index < -0.39 is 0 Å². The second kappa shape index (κ2) is 10.1. The first-order valence-corrected chi connectivity index (χ1v) is 12.2. The van der Waals surface area contributed by atoms with Crippen LogP contribution in [-0.4, -0.2) is 60.9 Å². The third kappa shape index (κ3) is 5.15. The number of thiazole rings is 1. The van der Waals surface area contributed by atoms with E-state index in [0.29, 0.717) is 22.3 Å². The van der Waals surface area contributed by atoms with Gasteiger partial charge in [-0.3, -0.25) is 14.6 Å². The second-order valence-electron chi connectivity index (χ2n) is 6.98.